The Balaban J connectivity index is 3.81. The second-order valence-electron chi connectivity index (χ2n) is 5.06. The zero-order chi connectivity index (χ0) is 14.0. The number of unbranched alkanes of at least 4 members (excludes halogenated alkanes) is 1. The Morgan fingerprint density at radius 1 is 1.39 bits per heavy atom. The normalized spacial score (nSPS) is 14.7. The maximum absolute atomic E-state index is 11.5. The van der Waals surface area contributed by atoms with Crippen LogP contribution in [0.2, 0.25) is 0 Å². The molecule has 0 aliphatic carbocycles. The highest BCUT2D eigenvalue weighted by molar-refractivity contribution is 7.99. The van der Waals surface area contributed by atoms with Crippen LogP contribution in [-0.4, -0.2) is 42.7 Å². The Kier molecular flexibility index (Phi) is 9.50. The van der Waals surface area contributed by atoms with Gasteiger partial charge in [0, 0.05) is 18.9 Å². The number of primary amides is 1. The molecular weight excluding hydrogens is 248 g/mol. The van der Waals surface area contributed by atoms with Gasteiger partial charge in [-0.25, -0.2) is 0 Å². The van der Waals surface area contributed by atoms with Crippen molar-refractivity contribution < 1.29 is 9.53 Å². The van der Waals surface area contributed by atoms with Crippen LogP contribution in [0.3, 0.4) is 0 Å². The number of hydrogen-bond acceptors (Lipinski definition) is 4. The van der Waals surface area contributed by atoms with E-state index in [0.29, 0.717) is 0 Å². The van der Waals surface area contributed by atoms with Crippen molar-refractivity contribution in [2.75, 3.05) is 25.2 Å². The molecule has 1 unspecified atom stereocenters. The third kappa shape index (κ3) is 7.95. The van der Waals surface area contributed by atoms with E-state index in [4.69, 9.17) is 10.5 Å². The summed E-state index contributed by atoms with van der Waals surface area (Å²) in [6, 6.07) is 0.263. The van der Waals surface area contributed by atoms with Crippen molar-refractivity contribution in [1.82, 2.24) is 5.32 Å². The minimum absolute atomic E-state index is 0.261. The summed E-state index contributed by atoms with van der Waals surface area (Å²) in [5.41, 5.74) is 4.90. The summed E-state index contributed by atoms with van der Waals surface area (Å²) in [4.78, 5) is 11.5. The number of methoxy groups -OCH3 is 1. The molecule has 0 fully saturated rings. The molecular formula is C13H28N2O2S. The summed E-state index contributed by atoms with van der Waals surface area (Å²) in [5.74, 6) is 1.89. The maximum Gasteiger partial charge on any atom is 0.237 e. The molecule has 0 spiro atoms. The number of carbonyl (C=O) groups is 1. The van der Waals surface area contributed by atoms with Gasteiger partial charge in [0.1, 0.15) is 0 Å². The Hall–Kier alpha value is -0.260. The Bertz CT molecular complexity index is 237. The first-order valence-corrected chi connectivity index (χ1v) is 7.72. The van der Waals surface area contributed by atoms with E-state index in [1.165, 1.54) is 0 Å². The third-order valence-corrected chi connectivity index (χ3v) is 3.83. The van der Waals surface area contributed by atoms with Gasteiger partial charge in [-0.05, 0) is 39.4 Å². The topological polar surface area (TPSA) is 64.3 Å². The van der Waals surface area contributed by atoms with Crippen LogP contribution in [0.25, 0.3) is 0 Å². The summed E-state index contributed by atoms with van der Waals surface area (Å²) in [6.07, 6.45) is 2.92. The lowest BCUT2D eigenvalue weighted by Crippen LogP contribution is -2.55. The van der Waals surface area contributed by atoms with Crippen LogP contribution >= 0.6 is 11.8 Å². The van der Waals surface area contributed by atoms with Crippen molar-refractivity contribution in [3.63, 3.8) is 0 Å². The van der Waals surface area contributed by atoms with Crippen LogP contribution in [0, 0.1) is 0 Å². The van der Waals surface area contributed by atoms with Crippen LogP contribution in [0.5, 0.6) is 0 Å². The zero-order valence-corrected chi connectivity index (χ0v) is 12.9. The second-order valence-corrected chi connectivity index (χ2v) is 6.28. The Labute approximate surface area is 115 Å². The molecule has 4 nitrogen and oxygen atoms in total. The molecule has 3 N–H and O–H groups in total. The monoisotopic (exact) mass is 276 g/mol. The Morgan fingerprint density at radius 3 is 2.56 bits per heavy atom. The number of nitrogens with one attached hydrogen (secondary N) is 1. The van der Waals surface area contributed by atoms with Crippen molar-refractivity contribution >= 4 is 17.7 Å². The number of ether oxygens (including phenoxy) is 1. The molecule has 0 radical (unpaired) electrons. The van der Waals surface area contributed by atoms with Crippen molar-refractivity contribution in [2.24, 2.45) is 5.73 Å². The average molecular weight is 276 g/mol. The summed E-state index contributed by atoms with van der Waals surface area (Å²) >= 11 is 1.89. The quantitative estimate of drug-likeness (QED) is 0.565. The van der Waals surface area contributed by atoms with E-state index in [1.807, 2.05) is 32.5 Å². The highest BCUT2D eigenvalue weighted by Crippen LogP contribution is 2.16. The van der Waals surface area contributed by atoms with Gasteiger partial charge in [0.25, 0.3) is 0 Å². The maximum atomic E-state index is 11.5. The molecule has 0 saturated heterocycles. The number of amides is 1. The number of nitrogens with two attached hydrogens (primary N) is 1. The molecule has 0 aliphatic heterocycles. The molecule has 0 heterocycles. The lowest BCUT2D eigenvalue weighted by atomic mass is 9.93. The molecule has 0 bridgehead atoms. The highest BCUT2D eigenvalue weighted by atomic mass is 32.2. The van der Waals surface area contributed by atoms with Gasteiger partial charge in [-0.1, -0.05) is 6.42 Å². The standard InChI is InChI=1S/C13H28N2O2S/c1-11(2)15-13(3,12(14)16)7-5-6-9-18-10-8-17-4/h11,15H,5-10H2,1-4H3,(H2,14,16). The summed E-state index contributed by atoms with van der Waals surface area (Å²) in [7, 11) is 1.72. The van der Waals surface area contributed by atoms with Crippen molar-refractivity contribution in [1.29, 1.82) is 0 Å². The van der Waals surface area contributed by atoms with Crippen LogP contribution in [-0.2, 0) is 9.53 Å². The van der Waals surface area contributed by atoms with Crippen molar-refractivity contribution in [2.45, 2.75) is 51.6 Å². The van der Waals surface area contributed by atoms with Crippen molar-refractivity contribution in [3.05, 3.63) is 0 Å². The van der Waals surface area contributed by atoms with E-state index in [2.05, 4.69) is 5.32 Å². The van der Waals surface area contributed by atoms with Crippen LogP contribution in [0.4, 0.5) is 0 Å². The van der Waals surface area contributed by atoms with Gasteiger partial charge in [-0.2, -0.15) is 11.8 Å². The minimum atomic E-state index is -0.578. The summed E-state index contributed by atoms with van der Waals surface area (Å²) in [5, 5.41) is 3.27. The predicted molar refractivity (Wildman–Crippen MR) is 78.9 cm³/mol. The SMILES string of the molecule is COCCSCCCCC(C)(NC(C)C)C(N)=O. The fourth-order valence-electron chi connectivity index (χ4n) is 1.83. The van der Waals surface area contributed by atoms with E-state index in [0.717, 1.165) is 37.4 Å². The van der Waals surface area contributed by atoms with Gasteiger partial charge in [-0.3, -0.25) is 4.79 Å². The van der Waals surface area contributed by atoms with Gasteiger partial charge in [0.2, 0.25) is 5.91 Å². The molecule has 0 aromatic carbocycles. The molecule has 108 valence electrons. The summed E-state index contributed by atoms with van der Waals surface area (Å²) < 4.78 is 4.99. The van der Waals surface area contributed by atoms with E-state index < -0.39 is 5.54 Å². The minimum Gasteiger partial charge on any atom is -0.384 e. The third-order valence-electron chi connectivity index (χ3n) is 2.80. The molecule has 0 saturated carbocycles. The first-order valence-electron chi connectivity index (χ1n) is 6.56. The highest BCUT2D eigenvalue weighted by Gasteiger charge is 2.30. The molecule has 18 heavy (non-hydrogen) atoms. The van der Waals surface area contributed by atoms with E-state index in [9.17, 15) is 4.79 Å². The van der Waals surface area contributed by atoms with Gasteiger partial charge in [0.15, 0.2) is 0 Å². The van der Waals surface area contributed by atoms with E-state index >= 15 is 0 Å². The van der Waals surface area contributed by atoms with E-state index in [1.54, 1.807) is 7.11 Å². The molecule has 0 rings (SSSR count). The van der Waals surface area contributed by atoms with Crippen molar-refractivity contribution in [3.8, 4) is 0 Å². The Morgan fingerprint density at radius 2 is 2.06 bits per heavy atom. The average Bonchev–Trinajstić information content (AvgIpc) is 2.26. The lowest BCUT2D eigenvalue weighted by molar-refractivity contribution is -0.124. The molecule has 1 atom stereocenters. The zero-order valence-electron chi connectivity index (χ0n) is 12.1. The molecule has 0 aromatic rings. The summed E-state index contributed by atoms with van der Waals surface area (Å²) in [6.45, 7) is 6.76. The molecule has 0 aliphatic rings. The number of hydrogen-bond donors (Lipinski definition) is 2. The fraction of sp³-hybridized carbons (Fsp3) is 0.923. The molecule has 1 amide bonds. The van der Waals surface area contributed by atoms with Crippen LogP contribution < -0.4 is 11.1 Å². The molecule has 5 heteroatoms. The van der Waals surface area contributed by atoms with Gasteiger partial charge < -0.3 is 15.8 Å². The number of carbonyl (C=O) groups excluding carboxylic acids is 1. The van der Waals surface area contributed by atoms with Gasteiger partial charge in [0.05, 0.1) is 12.1 Å². The first kappa shape index (κ1) is 17.7. The number of thioether (sulfide) groups is 1. The first-order chi connectivity index (χ1) is 8.42. The van der Waals surface area contributed by atoms with Crippen LogP contribution in [0.15, 0.2) is 0 Å². The van der Waals surface area contributed by atoms with Gasteiger partial charge in [-0.15, -0.1) is 0 Å². The molecule has 0 aromatic heterocycles. The lowest BCUT2D eigenvalue weighted by Gasteiger charge is -2.29. The smallest absolute Gasteiger partial charge is 0.237 e. The number of rotatable bonds is 11. The van der Waals surface area contributed by atoms with Crippen LogP contribution in [0.1, 0.15) is 40.0 Å². The second kappa shape index (κ2) is 9.64. The van der Waals surface area contributed by atoms with Gasteiger partial charge >= 0.3 is 0 Å². The largest absolute Gasteiger partial charge is 0.384 e. The van der Waals surface area contributed by atoms with E-state index in [-0.39, 0.29) is 11.9 Å². The fourth-order valence-corrected chi connectivity index (χ4v) is 2.73. The predicted octanol–water partition coefficient (Wildman–Crippen LogP) is 1.78.